The van der Waals surface area contributed by atoms with Crippen molar-refractivity contribution in [2.24, 2.45) is 4.99 Å². The quantitative estimate of drug-likeness (QED) is 0.536. The molecule has 1 aliphatic heterocycles. The van der Waals surface area contributed by atoms with E-state index in [9.17, 15) is 0 Å². The second kappa shape index (κ2) is 10.6. The number of morpholine rings is 1. The highest BCUT2D eigenvalue weighted by atomic mass is 32.1. The van der Waals surface area contributed by atoms with Gasteiger partial charge in [0.2, 0.25) is 0 Å². The molecule has 0 saturated carbocycles. The number of rotatable bonds is 7. The summed E-state index contributed by atoms with van der Waals surface area (Å²) in [5.74, 6) is 1.86. The van der Waals surface area contributed by atoms with Crippen molar-refractivity contribution < 1.29 is 4.74 Å². The van der Waals surface area contributed by atoms with Gasteiger partial charge >= 0.3 is 0 Å². The first kappa shape index (κ1) is 21.6. The van der Waals surface area contributed by atoms with E-state index in [2.05, 4.69) is 66.4 Å². The molecule has 2 aromatic rings. The van der Waals surface area contributed by atoms with Crippen LogP contribution >= 0.6 is 11.3 Å². The lowest BCUT2D eigenvalue weighted by molar-refractivity contribution is 0.0529. The summed E-state index contributed by atoms with van der Waals surface area (Å²) in [6, 6.07) is 8.89. The first-order chi connectivity index (χ1) is 14.0. The van der Waals surface area contributed by atoms with Crippen LogP contribution in [-0.2, 0) is 17.7 Å². The molecule has 2 aromatic heterocycles. The summed E-state index contributed by atoms with van der Waals surface area (Å²) in [6.45, 7) is 12.5. The summed E-state index contributed by atoms with van der Waals surface area (Å²) >= 11 is 1.86. The highest BCUT2D eigenvalue weighted by molar-refractivity contribution is 7.11. The fraction of sp³-hybridized carbons (Fsp3) is 0.545. The molecule has 1 aliphatic rings. The van der Waals surface area contributed by atoms with E-state index in [4.69, 9.17) is 9.73 Å². The Kier molecular flexibility index (Phi) is 7.89. The van der Waals surface area contributed by atoms with Gasteiger partial charge in [-0.05, 0) is 57.5 Å². The SMILES string of the molecule is CCNC(=NCc1ccnc(N2CCOC(C)C2)c1)NC(C)Cc1ccc(C)s1. The summed E-state index contributed by atoms with van der Waals surface area (Å²) in [5, 5.41) is 6.89. The molecule has 158 valence electrons. The van der Waals surface area contributed by atoms with Crippen LogP contribution in [0.4, 0.5) is 5.82 Å². The van der Waals surface area contributed by atoms with E-state index >= 15 is 0 Å². The van der Waals surface area contributed by atoms with Gasteiger partial charge in [0.1, 0.15) is 5.82 Å². The van der Waals surface area contributed by atoms with Crippen LogP contribution in [0.25, 0.3) is 0 Å². The lowest BCUT2D eigenvalue weighted by Crippen LogP contribution is -2.43. The van der Waals surface area contributed by atoms with Gasteiger partial charge in [-0.25, -0.2) is 9.98 Å². The van der Waals surface area contributed by atoms with E-state index in [-0.39, 0.29) is 6.10 Å². The maximum Gasteiger partial charge on any atom is 0.191 e. The van der Waals surface area contributed by atoms with Gasteiger partial charge in [0, 0.05) is 48.0 Å². The number of hydrogen-bond donors (Lipinski definition) is 2. The Bertz CT molecular complexity index is 806. The zero-order valence-corrected chi connectivity index (χ0v) is 18.8. The summed E-state index contributed by atoms with van der Waals surface area (Å²) < 4.78 is 5.64. The van der Waals surface area contributed by atoms with Gasteiger partial charge in [-0.3, -0.25) is 0 Å². The average molecular weight is 416 g/mol. The standard InChI is InChI=1S/C22H33N5OS/c1-5-23-22(26-16(2)12-20-7-6-18(4)29-20)25-14-19-8-9-24-21(13-19)27-10-11-28-17(3)15-27/h6-9,13,16-17H,5,10-12,14-15H2,1-4H3,(H2,23,25,26). The second-order valence-electron chi connectivity index (χ2n) is 7.61. The topological polar surface area (TPSA) is 61.8 Å². The molecule has 3 heterocycles. The maximum absolute atomic E-state index is 5.64. The second-order valence-corrected chi connectivity index (χ2v) is 8.98. The number of aryl methyl sites for hydroxylation is 1. The normalized spacial score (nSPS) is 18.6. The molecular weight excluding hydrogens is 382 g/mol. The Hall–Kier alpha value is -2.12. The third-order valence-electron chi connectivity index (χ3n) is 4.83. The van der Waals surface area contributed by atoms with Crippen molar-refractivity contribution in [3.63, 3.8) is 0 Å². The number of aliphatic imine (C=N–C) groups is 1. The van der Waals surface area contributed by atoms with E-state index in [1.165, 1.54) is 9.75 Å². The van der Waals surface area contributed by atoms with E-state index in [1.54, 1.807) is 0 Å². The molecule has 1 fully saturated rings. The molecule has 3 rings (SSSR count). The predicted molar refractivity (Wildman–Crippen MR) is 122 cm³/mol. The fourth-order valence-corrected chi connectivity index (χ4v) is 4.45. The minimum Gasteiger partial charge on any atom is -0.375 e. The van der Waals surface area contributed by atoms with Gasteiger partial charge in [0.05, 0.1) is 19.3 Å². The number of anilines is 1. The van der Waals surface area contributed by atoms with Crippen LogP contribution in [0.1, 0.15) is 36.1 Å². The number of nitrogens with zero attached hydrogens (tertiary/aromatic N) is 3. The van der Waals surface area contributed by atoms with Crippen LogP contribution in [-0.4, -0.2) is 49.3 Å². The molecule has 29 heavy (non-hydrogen) atoms. The van der Waals surface area contributed by atoms with Gasteiger partial charge in [-0.1, -0.05) is 0 Å². The van der Waals surface area contributed by atoms with E-state index in [1.807, 2.05) is 23.6 Å². The van der Waals surface area contributed by atoms with Crippen molar-refractivity contribution in [2.45, 2.75) is 52.8 Å². The van der Waals surface area contributed by atoms with Crippen LogP contribution in [0, 0.1) is 6.92 Å². The number of pyridine rings is 1. The third-order valence-corrected chi connectivity index (χ3v) is 5.85. The van der Waals surface area contributed by atoms with Crippen molar-refractivity contribution in [3.05, 3.63) is 45.8 Å². The smallest absolute Gasteiger partial charge is 0.191 e. The molecule has 1 saturated heterocycles. The largest absolute Gasteiger partial charge is 0.375 e. The molecule has 7 heteroatoms. The Labute approximate surface area is 178 Å². The van der Waals surface area contributed by atoms with Gasteiger partial charge in [-0.2, -0.15) is 0 Å². The number of nitrogens with one attached hydrogen (secondary N) is 2. The molecule has 0 spiro atoms. The van der Waals surface area contributed by atoms with Gasteiger partial charge in [0.25, 0.3) is 0 Å². The van der Waals surface area contributed by atoms with E-state index in [0.717, 1.165) is 50.0 Å². The van der Waals surface area contributed by atoms with Crippen molar-refractivity contribution in [3.8, 4) is 0 Å². The summed E-state index contributed by atoms with van der Waals surface area (Å²) in [7, 11) is 0. The van der Waals surface area contributed by atoms with Crippen LogP contribution in [0.3, 0.4) is 0 Å². The predicted octanol–water partition coefficient (Wildman–Crippen LogP) is 3.36. The zero-order chi connectivity index (χ0) is 20.6. The van der Waals surface area contributed by atoms with Crippen molar-refractivity contribution in [1.29, 1.82) is 0 Å². The van der Waals surface area contributed by atoms with E-state index < -0.39 is 0 Å². The van der Waals surface area contributed by atoms with E-state index in [0.29, 0.717) is 12.6 Å². The molecule has 2 N–H and O–H groups in total. The molecule has 0 aromatic carbocycles. The molecule has 0 bridgehead atoms. The Balaban J connectivity index is 1.61. The Morgan fingerprint density at radius 1 is 1.41 bits per heavy atom. The number of thiophene rings is 1. The van der Waals surface area contributed by atoms with Crippen molar-refractivity contribution >= 4 is 23.1 Å². The van der Waals surface area contributed by atoms with Crippen molar-refractivity contribution in [2.75, 3.05) is 31.1 Å². The van der Waals surface area contributed by atoms with Crippen LogP contribution < -0.4 is 15.5 Å². The minimum absolute atomic E-state index is 0.241. The van der Waals surface area contributed by atoms with Crippen LogP contribution in [0.2, 0.25) is 0 Å². The number of aromatic nitrogens is 1. The highest BCUT2D eigenvalue weighted by Crippen LogP contribution is 2.18. The molecule has 6 nitrogen and oxygen atoms in total. The zero-order valence-electron chi connectivity index (χ0n) is 17.9. The van der Waals surface area contributed by atoms with Gasteiger partial charge in [-0.15, -0.1) is 11.3 Å². The number of ether oxygens (including phenoxy) is 1. The summed E-state index contributed by atoms with van der Waals surface area (Å²) in [6.07, 6.45) is 3.12. The maximum atomic E-state index is 5.64. The molecule has 2 unspecified atom stereocenters. The Morgan fingerprint density at radius 3 is 3.00 bits per heavy atom. The molecular formula is C22H33N5OS. The first-order valence-corrected chi connectivity index (χ1v) is 11.3. The monoisotopic (exact) mass is 415 g/mol. The molecule has 2 atom stereocenters. The number of guanidine groups is 1. The molecule has 0 radical (unpaired) electrons. The van der Waals surface area contributed by atoms with Crippen LogP contribution in [0.15, 0.2) is 35.5 Å². The minimum atomic E-state index is 0.241. The lowest BCUT2D eigenvalue weighted by Gasteiger charge is -2.32. The van der Waals surface area contributed by atoms with Gasteiger partial charge < -0.3 is 20.3 Å². The molecule has 0 amide bonds. The fourth-order valence-electron chi connectivity index (χ4n) is 3.43. The summed E-state index contributed by atoms with van der Waals surface area (Å²) in [5.41, 5.74) is 1.16. The number of hydrogen-bond acceptors (Lipinski definition) is 5. The average Bonchev–Trinajstić information content (AvgIpc) is 3.11. The first-order valence-electron chi connectivity index (χ1n) is 10.4. The molecule has 0 aliphatic carbocycles. The summed E-state index contributed by atoms with van der Waals surface area (Å²) in [4.78, 5) is 14.4. The lowest BCUT2D eigenvalue weighted by atomic mass is 10.2. The van der Waals surface area contributed by atoms with Gasteiger partial charge in [0.15, 0.2) is 5.96 Å². The van der Waals surface area contributed by atoms with Crippen LogP contribution in [0.5, 0.6) is 0 Å². The third kappa shape index (κ3) is 6.72. The highest BCUT2D eigenvalue weighted by Gasteiger charge is 2.18. The Morgan fingerprint density at radius 2 is 2.28 bits per heavy atom. The van der Waals surface area contributed by atoms with Crippen molar-refractivity contribution in [1.82, 2.24) is 15.6 Å².